The maximum Gasteiger partial charge on any atom is 0.258 e. The summed E-state index contributed by atoms with van der Waals surface area (Å²) in [5.41, 5.74) is 9.27. The summed E-state index contributed by atoms with van der Waals surface area (Å²) in [6.45, 7) is 10.9. The maximum absolute atomic E-state index is 14.3. The van der Waals surface area contributed by atoms with Crippen molar-refractivity contribution in [2.75, 3.05) is 93.2 Å². The molecule has 0 atom stereocenters. The molecule has 0 unspecified atom stereocenters. The van der Waals surface area contributed by atoms with Crippen LogP contribution in [0.5, 0.6) is 0 Å². The molecule has 3 spiro atoms. The van der Waals surface area contributed by atoms with Crippen molar-refractivity contribution in [3.05, 3.63) is 298 Å². The number of likely N-dealkylation sites (tertiary alicyclic amines) is 3. The number of benzene rings is 6. The highest BCUT2D eigenvalue weighted by Crippen LogP contribution is 2.51. The Balaban J connectivity index is 0.000000140. The van der Waals surface area contributed by atoms with E-state index in [1.165, 1.54) is 65.9 Å². The Morgan fingerprint density at radius 1 is 0.410 bits per heavy atom. The molecule has 12 nitrogen and oxygen atoms in total. The molecule has 23 heteroatoms. The van der Waals surface area contributed by atoms with Crippen molar-refractivity contribution in [3.63, 3.8) is 0 Å². The highest BCUT2D eigenvalue weighted by Gasteiger charge is 2.50. The molecular weight excluding hydrogens is 1470 g/mol. The van der Waals surface area contributed by atoms with Crippen LogP contribution in [0.25, 0.3) is 18.2 Å². The van der Waals surface area contributed by atoms with Crippen LogP contribution in [0, 0.1) is 36.0 Å². The lowest BCUT2D eigenvalue weighted by Gasteiger charge is -2.39. The Morgan fingerprint density at radius 2 is 0.819 bits per heavy atom. The van der Waals surface area contributed by atoms with Crippen LogP contribution in [-0.2, 0) is 16.2 Å². The molecule has 3 amide bonds. The lowest BCUT2D eigenvalue weighted by atomic mass is 9.74. The van der Waals surface area contributed by atoms with Crippen LogP contribution >= 0.6 is 69.6 Å². The molecule has 3 saturated heterocycles. The lowest BCUT2D eigenvalue weighted by Crippen LogP contribution is -2.46. The van der Waals surface area contributed by atoms with E-state index in [0.29, 0.717) is 81.4 Å². The summed E-state index contributed by atoms with van der Waals surface area (Å²) in [6.07, 6.45) is 19.7. The topological polar surface area (TPSA) is 109 Å². The van der Waals surface area contributed by atoms with Crippen molar-refractivity contribution >= 4 is 123 Å². The zero-order chi connectivity index (χ0) is 73.7. The van der Waals surface area contributed by atoms with Crippen molar-refractivity contribution in [2.45, 2.75) is 61.7 Å². The number of amides is 3. The molecule has 0 bridgehead atoms. The molecule has 0 radical (unpaired) electrons. The van der Waals surface area contributed by atoms with Crippen LogP contribution in [0.15, 0.2) is 182 Å². The first kappa shape index (κ1) is 74.9. The number of halogens is 11. The first-order valence-corrected chi connectivity index (χ1v) is 36.8. The predicted molar refractivity (Wildman–Crippen MR) is 410 cm³/mol. The van der Waals surface area contributed by atoms with E-state index in [-0.39, 0.29) is 66.9 Å². The summed E-state index contributed by atoms with van der Waals surface area (Å²) in [7, 11) is 0. The van der Waals surface area contributed by atoms with Crippen molar-refractivity contribution in [3.8, 4) is 0 Å². The third kappa shape index (κ3) is 16.9. The van der Waals surface area contributed by atoms with Gasteiger partial charge in [0.15, 0.2) is 0 Å². The van der Waals surface area contributed by atoms with Crippen molar-refractivity contribution in [2.24, 2.45) is 0 Å². The first-order chi connectivity index (χ1) is 50.5. The number of hydrogen-bond donors (Lipinski definition) is 0. The van der Waals surface area contributed by atoms with Crippen molar-refractivity contribution in [1.29, 1.82) is 0 Å². The van der Waals surface area contributed by atoms with Crippen LogP contribution in [-0.4, -0.2) is 126 Å². The number of hydrogen-bond acceptors (Lipinski definition) is 9. The number of fused-ring (bicyclic) bond motifs is 6. The molecule has 6 aliphatic rings. The highest BCUT2D eigenvalue weighted by molar-refractivity contribution is 6.42. The van der Waals surface area contributed by atoms with Gasteiger partial charge in [-0.15, -0.1) is 0 Å². The molecule has 0 aliphatic carbocycles. The molecule has 3 fully saturated rings. The molecule has 0 N–H and O–H groups in total. The molecule has 105 heavy (non-hydrogen) atoms. The number of carbonyl (C=O) groups is 3. The van der Waals surface area contributed by atoms with Crippen LogP contribution in [0.4, 0.5) is 39.0 Å². The molecule has 540 valence electrons. The summed E-state index contributed by atoms with van der Waals surface area (Å²) in [5.74, 6) is -2.53. The molecule has 9 heterocycles. The molecule has 9 aromatic rings. The second kappa shape index (κ2) is 32.4. The van der Waals surface area contributed by atoms with E-state index in [9.17, 15) is 36.3 Å². The minimum atomic E-state index is -0.603. The standard InChI is InChI=1S/C28H26Cl3N3O.C27H23Cl2F2N3O.C27H23ClF3N3O/c1-19-4-7-25-22(15-19)28(18-34(25)27(35)21-8-11-32-26(31)17-21)9-13-33(14-10-28)12-2-3-20-5-6-23(29)24(30)16-20;28-24-14-19(15-25(29)32-24)26(35)34-17-27(21-16-20(30)7-8-23(21)34)9-12-33(13-10-27)11-3-5-18-4-1-2-6-22(18)31;28-25-14-19(7-10-32-25)26(35)34-17-27(22-15-20(29)5-6-24(22)34)8-12-33(13-9-27)11-1-2-18-3-4-21(30)16-23(18)31/h2-8,11,15-17H,9-10,12-14,18H2,1H3;1-8,14-16H,9-13,17H2;1-7,10,14-16H,8-9,11-13,17H2/b3-2+;5-3+;2-1+. The van der Waals surface area contributed by atoms with Gasteiger partial charge in [0, 0.05) is 119 Å². The fourth-order valence-corrected chi connectivity index (χ4v) is 16.5. The Morgan fingerprint density at radius 3 is 1.28 bits per heavy atom. The van der Waals surface area contributed by atoms with Gasteiger partial charge < -0.3 is 14.7 Å². The minimum Gasteiger partial charge on any atom is -0.307 e. The summed E-state index contributed by atoms with van der Waals surface area (Å²) in [4.78, 5) is 64.4. The zero-order valence-electron chi connectivity index (χ0n) is 57.2. The number of nitrogens with zero attached hydrogens (tertiary/aromatic N) is 9. The van der Waals surface area contributed by atoms with Gasteiger partial charge in [-0.25, -0.2) is 36.9 Å². The number of rotatable bonds is 12. The zero-order valence-corrected chi connectivity index (χ0v) is 61.7. The van der Waals surface area contributed by atoms with Crippen LogP contribution in [0.3, 0.4) is 0 Å². The third-order valence-electron chi connectivity index (χ3n) is 21.0. The van der Waals surface area contributed by atoms with Crippen molar-refractivity contribution in [1.82, 2.24) is 29.7 Å². The smallest absolute Gasteiger partial charge is 0.258 e. The normalized spacial score (nSPS) is 17.3. The van der Waals surface area contributed by atoms with Gasteiger partial charge in [0.05, 0.1) is 10.0 Å². The fraction of sp³-hybridized carbons (Fsp3) is 0.268. The number of carbonyl (C=O) groups excluding carboxylic acids is 3. The molecule has 0 saturated carbocycles. The number of piperidine rings is 3. The van der Waals surface area contributed by atoms with E-state index >= 15 is 0 Å². The molecule has 15 rings (SSSR count). The summed E-state index contributed by atoms with van der Waals surface area (Å²) < 4.78 is 69.4. The number of aryl methyl sites for hydroxylation is 1. The van der Waals surface area contributed by atoms with Crippen LogP contribution < -0.4 is 14.7 Å². The van der Waals surface area contributed by atoms with Gasteiger partial charge in [-0.05, 0) is 216 Å². The monoisotopic (exact) mass is 1540 g/mol. The number of anilines is 3. The third-order valence-corrected chi connectivity index (χ3v) is 22.5. The van der Waals surface area contributed by atoms with E-state index in [0.717, 1.165) is 118 Å². The van der Waals surface area contributed by atoms with E-state index < -0.39 is 11.6 Å². The molecule has 6 aliphatic heterocycles. The van der Waals surface area contributed by atoms with Gasteiger partial charge in [0.1, 0.15) is 49.7 Å². The molecule has 3 aromatic heterocycles. The quantitative estimate of drug-likeness (QED) is 0.0872. The first-order valence-electron chi connectivity index (χ1n) is 34.6. The van der Waals surface area contributed by atoms with Gasteiger partial charge in [0.25, 0.3) is 17.7 Å². The second-order valence-electron chi connectivity index (χ2n) is 27.6. The van der Waals surface area contributed by atoms with Crippen LogP contribution in [0.2, 0.25) is 30.7 Å². The Labute approximate surface area is 636 Å². The fourth-order valence-electron chi connectivity index (χ4n) is 15.4. The SMILES string of the molecule is Cc1ccc2c(c1)C1(CCN(C/C=C/c3ccc(Cl)c(Cl)c3)CC1)CN2C(=O)c1ccnc(Cl)c1.O=C(c1cc(Cl)nc(Cl)c1)N1CC2(CCN(C/C=C/c3ccccc3F)CC2)c2cc(F)ccc21.O=C(c1ccnc(Cl)c1)N1CC2(CCN(C/C=C/c3ccc(F)cc3F)CC2)c2cc(F)ccc21. The highest BCUT2D eigenvalue weighted by atomic mass is 35.5. The van der Waals surface area contributed by atoms with Gasteiger partial charge in [-0.3, -0.25) is 29.1 Å². The predicted octanol–water partition coefficient (Wildman–Crippen LogP) is 19.3. The summed E-state index contributed by atoms with van der Waals surface area (Å²) in [5, 5.41) is 1.99. The lowest BCUT2D eigenvalue weighted by molar-refractivity contribution is 0.0970. The summed E-state index contributed by atoms with van der Waals surface area (Å²) in [6, 6.07) is 41.0. The minimum absolute atomic E-state index is 0.0248. The maximum atomic E-state index is 14.3. The number of pyridine rings is 3. The Bertz CT molecular complexity index is 4850. The van der Waals surface area contributed by atoms with E-state index in [1.54, 1.807) is 82.7 Å². The van der Waals surface area contributed by atoms with E-state index in [4.69, 9.17) is 69.6 Å². The van der Waals surface area contributed by atoms with Gasteiger partial charge in [-0.2, -0.15) is 0 Å². The van der Waals surface area contributed by atoms with E-state index in [2.05, 4.69) is 66.9 Å². The van der Waals surface area contributed by atoms with Crippen molar-refractivity contribution < 1.29 is 36.3 Å². The largest absolute Gasteiger partial charge is 0.307 e. The average Bonchev–Trinajstić information content (AvgIpc) is 1.60. The second-order valence-corrected chi connectivity index (χ2v) is 29.9. The molecular formula is C82H72Cl6F5N9O3. The van der Waals surface area contributed by atoms with Crippen LogP contribution in [0.1, 0.15) is 109 Å². The average molecular weight is 1540 g/mol. The van der Waals surface area contributed by atoms with Gasteiger partial charge >= 0.3 is 0 Å². The van der Waals surface area contributed by atoms with E-state index in [1.807, 2.05) is 41.3 Å². The molecule has 6 aromatic carbocycles. The Hall–Kier alpha value is -8.33. The van der Waals surface area contributed by atoms with Gasteiger partial charge in [0.2, 0.25) is 0 Å². The van der Waals surface area contributed by atoms with Gasteiger partial charge in [-0.1, -0.05) is 148 Å². The summed E-state index contributed by atoms with van der Waals surface area (Å²) >= 11 is 36.2. The Kier molecular flexibility index (Phi) is 23.1. The number of aromatic nitrogens is 3.